The van der Waals surface area contributed by atoms with Gasteiger partial charge in [-0.15, -0.1) is 0 Å². The first-order valence-electron chi connectivity index (χ1n) is 6.02. The number of benzene rings is 1. The zero-order valence-electron chi connectivity index (χ0n) is 10.8. The molecule has 6 nitrogen and oxygen atoms in total. The van der Waals surface area contributed by atoms with E-state index >= 15 is 0 Å². The molecular formula is C13H15N5O. The second-order valence-electron chi connectivity index (χ2n) is 4.65. The van der Waals surface area contributed by atoms with Gasteiger partial charge in [0.25, 0.3) is 0 Å². The van der Waals surface area contributed by atoms with Crippen LogP contribution in [0.2, 0.25) is 0 Å². The lowest BCUT2D eigenvalue weighted by atomic mass is 10.2. The molecule has 0 saturated heterocycles. The first-order chi connectivity index (χ1) is 9.13. The second kappa shape index (κ2) is 4.31. The number of rotatable bonds is 2. The largest absolute Gasteiger partial charge is 0.378 e. The summed E-state index contributed by atoms with van der Waals surface area (Å²) in [5.41, 5.74) is 2.58. The predicted octanol–water partition coefficient (Wildman–Crippen LogP) is -0.396. The van der Waals surface area contributed by atoms with Crippen LogP contribution in [-0.2, 0) is 0 Å². The molecule has 0 saturated carbocycles. The van der Waals surface area contributed by atoms with Crippen molar-refractivity contribution in [1.29, 1.82) is 0 Å². The fourth-order valence-electron chi connectivity index (χ4n) is 2.05. The highest BCUT2D eigenvalue weighted by Gasteiger charge is 2.08. The predicted molar refractivity (Wildman–Crippen MR) is 74.8 cm³/mol. The van der Waals surface area contributed by atoms with Crippen molar-refractivity contribution in [3.8, 4) is 0 Å². The summed E-state index contributed by atoms with van der Waals surface area (Å²) in [6.45, 7) is 0.502. The molecule has 6 heteroatoms. The van der Waals surface area contributed by atoms with Gasteiger partial charge in [0.1, 0.15) is 12.0 Å². The molecule has 0 bridgehead atoms. The number of H-pyrrole nitrogens is 2. The van der Waals surface area contributed by atoms with E-state index in [9.17, 15) is 4.79 Å². The molecule has 1 aromatic carbocycles. The van der Waals surface area contributed by atoms with Gasteiger partial charge in [-0.3, -0.25) is 4.98 Å². The SMILES string of the molecule is CN(C)c1ccc(N2C=c3[nH]c(=O)[nH]c3=NC2)cc1. The molecule has 0 fully saturated rings. The van der Waals surface area contributed by atoms with E-state index < -0.39 is 0 Å². The van der Waals surface area contributed by atoms with Gasteiger partial charge in [0.15, 0.2) is 5.49 Å². The summed E-state index contributed by atoms with van der Waals surface area (Å²) in [7, 11) is 4.02. The Morgan fingerprint density at radius 3 is 2.63 bits per heavy atom. The summed E-state index contributed by atoms with van der Waals surface area (Å²) in [4.78, 5) is 24.9. The Bertz CT molecular complexity index is 754. The molecule has 98 valence electrons. The van der Waals surface area contributed by atoms with Gasteiger partial charge in [-0.1, -0.05) is 0 Å². The van der Waals surface area contributed by atoms with Crippen molar-refractivity contribution in [3.63, 3.8) is 0 Å². The maximum atomic E-state index is 11.2. The molecule has 2 aromatic rings. The van der Waals surface area contributed by atoms with E-state index in [1.54, 1.807) is 0 Å². The van der Waals surface area contributed by atoms with Crippen LogP contribution in [0.1, 0.15) is 0 Å². The standard InChI is InChI=1S/C13H15N5O/c1-17(2)9-3-5-10(6-4-9)18-7-11-12(14-8-18)16-13(19)15-11/h3-7H,8H2,1-2H3,(H2,14,15,16,19). The minimum atomic E-state index is -0.227. The molecule has 0 spiro atoms. The van der Waals surface area contributed by atoms with Crippen LogP contribution in [0.25, 0.3) is 6.20 Å². The lowest BCUT2D eigenvalue weighted by Crippen LogP contribution is -2.36. The van der Waals surface area contributed by atoms with Crippen LogP contribution in [0.5, 0.6) is 0 Å². The number of aromatic amines is 2. The van der Waals surface area contributed by atoms with Crippen molar-refractivity contribution >= 4 is 17.6 Å². The maximum Gasteiger partial charge on any atom is 0.325 e. The highest BCUT2D eigenvalue weighted by Crippen LogP contribution is 2.19. The number of hydrogen-bond donors (Lipinski definition) is 2. The molecule has 2 heterocycles. The van der Waals surface area contributed by atoms with Crippen LogP contribution in [0.3, 0.4) is 0 Å². The van der Waals surface area contributed by atoms with Gasteiger partial charge < -0.3 is 14.8 Å². The Kier molecular flexibility index (Phi) is 2.63. The van der Waals surface area contributed by atoms with Gasteiger partial charge >= 0.3 is 5.69 Å². The second-order valence-corrected chi connectivity index (χ2v) is 4.65. The van der Waals surface area contributed by atoms with Gasteiger partial charge in [0, 0.05) is 31.7 Å². The normalized spacial score (nSPS) is 13.5. The van der Waals surface area contributed by atoms with Crippen LogP contribution >= 0.6 is 0 Å². The molecule has 0 atom stereocenters. The Morgan fingerprint density at radius 2 is 1.95 bits per heavy atom. The number of imidazole rings is 1. The van der Waals surface area contributed by atoms with Gasteiger partial charge in [0.2, 0.25) is 0 Å². The van der Waals surface area contributed by atoms with Crippen LogP contribution in [0, 0.1) is 0 Å². The van der Waals surface area contributed by atoms with Crippen molar-refractivity contribution in [1.82, 2.24) is 9.97 Å². The lowest BCUT2D eigenvalue weighted by molar-refractivity contribution is 0.912. The third-order valence-electron chi connectivity index (χ3n) is 3.10. The number of anilines is 2. The Labute approximate surface area is 109 Å². The third-order valence-corrected chi connectivity index (χ3v) is 3.10. The highest BCUT2D eigenvalue weighted by atomic mass is 16.1. The Balaban J connectivity index is 1.96. The average molecular weight is 257 g/mol. The number of nitrogens with one attached hydrogen (secondary N) is 2. The van der Waals surface area contributed by atoms with Gasteiger partial charge in [-0.2, -0.15) is 0 Å². The number of fused-ring (bicyclic) bond motifs is 1. The summed E-state index contributed by atoms with van der Waals surface area (Å²) >= 11 is 0. The fraction of sp³-hybridized carbons (Fsp3) is 0.231. The Hall–Kier alpha value is -2.50. The minimum Gasteiger partial charge on any atom is -0.378 e. The van der Waals surface area contributed by atoms with Crippen molar-refractivity contribution in [2.24, 2.45) is 4.99 Å². The topological polar surface area (TPSA) is 67.5 Å². The summed E-state index contributed by atoms with van der Waals surface area (Å²) < 4.78 is 0. The monoisotopic (exact) mass is 257 g/mol. The minimum absolute atomic E-state index is 0.227. The van der Waals surface area contributed by atoms with Gasteiger partial charge in [-0.25, -0.2) is 9.79 Å². The van der Waals surface area contributed by atoms with Crippen molar-refractivity contribution < 1.29 is 0 Å². The van der Waals surface area contributed by atoms with E-state index in [1.807, 2.05) is 37.3 Å². The van der Waals surface area contributed by atoms with Crippen molar-refractivity contribution in [3.05, 3.63) is 45.6 Å². The van der Waals surface area contributed by atoms with Gasteiger partial charge in [0.05, 0.1) is 0 Å². The van der Waals surface area contributed by atoms with Crippen LogP contribution in [-0.4, -0.2) is 30.7 Å². The highest BCUT2D eigenvalue weighted by molar-refractivity contribution is 5.62. The molecule has 2 N–H and O–H groups in total. The first-order valence-corrected chi connectivity index (χ1v) is 6.02. The van der Waals surface area contributed by atoms with Crippen molar-refractivity contribution in [2.75, 3.05) is 30.6 Å². The molecule has 1 aromatic heterocycles. The summed E-state index contributed by atoms with van der Waals surface area (Å²) in [6.07, 6.45) is 1.89. The summed E-state index contributed by atoms with van der Waals surface area (Å²) in [5.74, 6) is 0. The zero-order chi connectivity index (χ0) is 13.4. The van der Waals surface area contributed by atoms with E-state index in [2.05, 4.69) is 32.0 Å². The Morgan fingerprint density at radius 1 is 1.21 bits per heavy atom. The van der Waals surface area contributed by atoms with E-state index in [0.29, 0.717) is 17.5 Å². The van der Waals surface area contributed by atoms with Crippen LogP contribution in [0.15, 0.2) is 34.1 Å². The average Bonchev–Trinajstić information content (AvgIpc) is 2.77. The lowest BCUT2D eigenvalue weighted by Gasteiger charge is -2.20. The fourth-order valence-corrected chi connectivity index (χ4v) is 2.05. The number of nitrogens with zero attached hydrogens (tertiary/aromatic N) is 3. The van der Waals surface area contributed by atoms with E-state index in [0.717, 1.165) is 11.4 Å². The van der Waals surface area contributed by atoms with Crippen molar-refractivity contribution in [2.45, 2.75) is 0 Å². The molecular weight excluding hydrogens is 242 g/mol. The molecule has 0 aliphatic carbocycles. The number of hydrogen-bond acceptors (Lipinski definition) is 4. The van der Waals surface area contributed by atoms with Crippen LogP contribution < -0.4 is 26.3 Å². The molecule has 0 amide bonds. The number of aromatic nitrogens is 2. The summed E-state index contributed by atoms with van der Waals surface area (Å²) in [6, 6.07) is 8.19. The quantitative estimate of drug-likeness (QED) is 0.769. The first kappa shape index (κ1) is 11.6. The van der Waals surface area contributed by atoms with E-state index in [1.165, 1.54) is 0 Å². The molecule has 0 unspecified atom stereocenters. The molecule has 0 radical (unpaired) electrons. The molecule has 1 aliphatic heterocycles. The maximum absolute atomic E-state index is 11.2. The third kappa shape index (κ3) is 2.12. The molecule has 19 heavy (non-hydrogen) atoms. The zero-order valence-corrected chi connectivity index (χ0v) is 10.8. The smallest absolute Gasteiger partial charge is 0.325 e. The van der Waals surface area contributed by atoms with Crippen LogP contribution in [0.4, 0.5) is 11.4 Å². The van der Waals surface area contributed by atoms with Gasteiger partial charge in [-0.05, 0) is 24.3 Å². The molecule has 3 rings (SSSR count). The molecule has 1 aliphatic rings. The van der Waals surface area contributed by atoms with E-state index in [-0.39, 0.29) is 5.69 Å². The summed E-state index contributed by atoms with van der Waals surface area (Å²) in [5, 5.41) is 0.716. The van der Waals surface area contributed by atoms with E-state index in [4.69, 9.17) is 0 Å².